The van der Waals surface area contributed by atoms with Gasteiger partial charge in [0, 0.05) is 40.4 Å². The largest absolute Gasteiger partial charge is 2.00 e. The van der Waals surface area contributed by atoms with Gasteiger partial charge in [-0.25, -0.2) is 4.98 Å². The van der Waals surface area contributed by atoms with Gasteiger partial charge < -0.3 is 9.30 Å². The second-order valence-corrected chi connectivity index (χ2v) is 13.8. The number of rotatable bonds is 6. The minimum absolute atomic E-state index is 0. The van der Waals surface area contributed by atoms with Gasteiger partial charge in [-0.1, -0.05) is 70.0 Å². The Balaban J connectivity index is 0.00000386. The van der Waals surface area contributed by atoms with Gasteiger partial charge in [-0.15, -0.1) is 35.7 Å². The molecule has 0 saturated carbocycles. The number of benzene rings is 3. The molecule has 0 fully saturated rings. The van der Waals surface area contributed by atoms with E-state index >= 15 is 0 Å². The van der Waals surface area contributed by atoms with Crippen LogP contribution in [-0.4, -0.2) is 19.3 Å². The predicted octanol–water partition coefficient (Wildman–Crippen LogP) is 10.4. The summed E-state index contributed by atoms with van der Waals surface area (Å²) in [5.41, 5.74) is 9.32. The van der Waals surface area contributed by atoms with Gasteiger partial charge in [-0.05, 0) is 79.3 Å². The third-order valence-corrected chi connectivity index (χ3v) is 9.60. The predicted molar refractivity (Wildman–Crippen MR) is 188 cm³/mol. The Morgan fingerprint density at radius 1 is 0.936 bits per heavy atom. The second-order valence-electron chi connectivity index (χ2n) is 13.8. The van der Waals surface area contributed by atoms with Gasteiger partial charge in [0.15, 0.2) is 0 Å². The smallest absolute Gasteiger partial charge is 0.509 e. The van der Waals surface area contributed by atoms with Crippen LogP contribution in [-0.2, 0) is 32.9 Å². The molecule has 0 radical (unpaired) electrons. The van der Waals surface area contributed by atoms with Crippen LogP contribution in [0.15, 0.2) is 84.6 Å². The van der Waals surface area contributed by atoms with Crippen molar-refractivity contribution >= 4 is 21.8 Å². The van der Waals surface area contributed by atoms with Crippen LogP contribution in [0.25, 0.3) is 33.3 Å². The van der Waals surface area contributed by atoms with Gasteiger partial charge in [0.2, 0.25) is 0 Å². The molecule has 1 unspecified atom stereocenters. The topological polar surface area (TPSA) is 44.9 Å². The first-order chi connectivity index (χ1) is 22.1. The molecule has 6 heteroatoms. The molecule has 5 nitrogen and oxygen atoms in total. The van der Waals surface area contributed by atoms with E-state index in [0.717, 1.165) is 51.8 Å². The van der Waals surface area contributed by atoms with E-state index in [4.69, 9.17) is 14.8 Å². The Kier molecular flexibility index (Phi) is 9.06. The van der Waals surface area contributed by atoms with Crippen molar-refractivity contribution in [3.8, 4) is 23.0 Å². The zero-order valence-corrected chi connectivity index (χ0v) is 30.6. The molecule has 3 aromatic heterocycles. The molecule has 7 rings (SSSR count). The second kappa shape index (κ2) is 12.9. The summed E-state index contributed by atoms with van der Waals surface area (Å²) in [5.74, 6) is 3.13. The summed E-state index contributed by atoms with van der Waals surface area (Å²) in [7, 11) is 0. The fourth-order valence-corrected chi connectivity index (χ4v) is 7.28. The normalized spacial score (nSPS) is 16.7. The molecule has 0 aliphatic heterocycles. The zero-order chi connectivity index (χ0) is 32.2. The quantitative estimate of drug-likeness (QED) is 0.125. The van der Waals surface area contributed by atoms with Crippen molar-refractivity contribution < 1.29 is 25.8 Å². The average molecular weight is 802 g/mol. The fraction of sp³-hybridized carbons (Fsp3) is 0.317. The molecule has 6 aromatic rings. The Labute approximate surface area is 292 Å². The van der Waals surface area contributed by atoms with Crippen molar-refractivity contribution in [2.24, 2.45) is 5.92 Å². The first-order valence-corrected chi connectivity index (χ1v) is 16.5. The first kappa shape index (κ1) is 33.0. The summed E-state index contributed by atoms with van der Waals surface area (Å²) < 4.78 is 10.7. The van der Waals surface area contributed by atoms with E-state index in [1.54, 1.807) is 0 Å². The number of hydrogen-bond acceptors (Lipinski definition) is 3. The number of hydrogen-bond donors (Lipinski definition) is 0. The van der Waals surface area contributed by atoms with Crippen molar-refractivity contribution in [2.45, 2.75) is 79.1 Å². The van der Waals surface area contributed by atoms with Gasteiger partial charge in [-0.2, -0.15) is 17.2 Å². The summed E-state index contributed by atoms with van der Waals surface area (Å²) in [6, 6.07) is 30.0. The standard InChI is InChI=1S/C41H42N4O.Pt/c1-8-35-40(39-26(2)13-11-14-27(39)3)28(4)43-45(35)30-15-12-16-31(24-30)46-32-19-20-34-33-17-9-10-18-36(33)44(37(34)25-32)38-23-29(21-22-42-38)41(5,6)7;/h9-10,12-13,15-23,27,39H,8,11,14H2,1-7H3;/q-2;+2/t27-,39?;/m0./s1. The molecule has 47 heavy (non-hydrogen) atoms. The zero-order valence-electron chi connectivity index (χ0n) is 28.3. The third-order valence-electron chi connectivity index (χ3n) is 9.60. The summed E-state index contributed by atoms with van der Waals surface area (Å²) in [6.07, 6.45) is 7.57. The molecule has 1 aliphatic carbocycles. The summed E-state index contributed by atoms with van der Waals surface area (Å²) in [5, 5.41) is 7.33. The number of nitrogens with zero attached hydrogens (tertiary/aromatic N) is 4. The van der Waals surface area contributed by atoms with Crippen molar-refractivity contribution in [1.82, 2.24) is 19.3 Å². The maximum absolute atomic E-state index is 6.48. The maximum Gasteiger partial charge on any atom is 2.00 e. The number of aromatic nitrogens is 4. The number of ether oxygens (including phenoxy) is 1. The molecule has 0 bridgehead atoms. The molecular formula is C41H42N4OPt. The van der Waals surface area contributed by atoms with Crippen LogP contribution >= 0.6 is 0 Å². The summed E-state index contributed by atoms with van der Waals surface area (Å²) in [6.45, 7) is 15.7. The van der Waals surface area contributed by atoms with E-state index < -0.39 is 0 Å². The van der Waals surface area contributed by atoms with Crippen molar-refractivity contribution in [1.29, 1.82) is 0 Å². The number of aryl methyl sites for hydroxylation is 1. The van der Waals surface area contributed by atoms with E-state index in [1.165, 1.54) is 28.8 Å². The Hall–Kier alpha value is -3.95. The van der Waals surface area contributed by atoms with Crippen LogP contribution in [0.4, 0.5) is 0 Å². The third kappa shape index (κ3) is 6.00. The molecule has 0 saturated heterocycles. The van der Waals surface area contributed by atoms with Crippen molar-refractivity contribution in [3.05, 3.63) is 119 Å². The van der Waals surface area contributed by atoms with Crippen LogP contribution in [0.2, 0.25) is 0 Å². The molecule has 0 spiro atoms. The van der Waals surface area contributed by atoms with Crippen LogP contribution in [0.5, 0.6) is 11.5 Å². The van der Waals surface area contributed by atoms with Gasteiger partial charge in [0.1, 0.15) is 5.82 Å². The molecule has 3 aromatic carbocycles. The van der Waals surface area contributed by atoms with Crippen LogP contribution in [0.1, 0.15) is 82.8 Å². The number of pyridine rings is 1. The number of para-hydroxylation sites is 1. The maximum atomic E-state index is 6.48. The van der Waals surface area contributed by atoms with Crippen LogP contribution in [0.3, 0.4) is 0 Å². The van der Waals surface area contributed by atoms with Gasteiger partial charge >= 0.3 is 21.1 Å². The van der Waals surface area contributed by atoms with E-state index in [1.807, 2.05) is 24.4 Å². The van der Waals surface area contributed by atoms with E-state index in [-0.39, 0.29) is 26.5 Å². The summed E-state index contributed by atoms with van der Waals surface area (Å²) >= 11 is 0. The molecule has 242 valence electrons. The molecule has 3 heterocycles. The van der Waals surface area contributed by atoms with Crippen molar-refractivity contribution in [3.63, 3.8) is 0 Å². The molecule has 1 aliphatic rings. The van der Waals surface area contributed by atoms with Gasteiger partial charge in [-0.3, -0.25) is 4.68 Å². The van der Waals surface area contributed by atoms with Crippen molar-refractivity contribution in [2.75, 3.05) is 0 Å². The number of allylic oxidation sites excluding steroid dienone is 2. The molecule has 0 N–H and O–H groups in total. The van der Waals surface area contributed by atoms with Crippen LogP contribution < -0.4 is 4.74 Å². The van der Waals surface area contributed by atoms with Gasteiger partial charge in [0.05, 0.1) is 5.69 Å². The fourth-order valence-electron chi connectivity index (χ4n) is 7.28. The van der Waals surface area contributed by atoms with E-state index in [2.05, 4.69) is 124 Å². The molecule has 0 amide bonds. The molecular weight excluding hydrogens is 760 g/mol. The Bertz CT molecular complexity index is 2110. The average Bonchev–Trinajstić information content (AvgIpc) is 3.54. The van der Waals surface area contributed by atoms with Gasteiger partial charge in [0.25, 0.3) is 0 Å². The van der Waals surface area contributed by atoms with E-state index in [0.29, 0.717) is 23.3 Å². The monoisotopic (exact) mass is 801 g/mol. The Morgan fingerprint density at radius 2 is 1.72 bits per heavy atom. The SMILES string of the molecule is CCc1c(C2C(C)=CCC[C@@H]2C)c(C)nn1-c1[c-]c(Oc2[c-]c3c(cc2)c2ccccc2n3-c2cc(C(C)(C)C)ccn2)ccc1.[Pt+2]. The Morgan fingerprint density at radius 3 is 2.49 bits per heavy atom. The van der Waals surface area contributed by atoms with Crippen LogP contribution in [0, 0.1) is 25.0 Å². The first-order valence-electron chi connectivity index (χ1n) is 16.5. The van der Waals surface area contributed by atoms with E-state index in [9.17, 15) is 0 Å². The molecule has 2 atom stereocenters. The minimum atomic E-state index is 0. The number of fused-ring (bicyclic) bond motifs is 3. The minimum Gasteiger partial charge on any atom is -0.509 e. The summed E-state index contributed by atoms with van der Waals surface area (Å²) in [4.78, 5) is 4.81.